The Kier molecular flexibility index (Phi) is 2.74. The van der Waals surface area contributed by atoms with Gasteiger partial charge < -0.3 is 14.3 Å². The van der Waals surface area contributed by atoms with Crippen LogP contribution in [0.5, 0.6) is 5.75 Å². The van der Waals surface area contributed by atoms with Gasteiger partial charge in [0.25, 0.3) is 0 Å². The maximum absolute atomic E-state index is 10.0. The van der Waals surface area contributed by atoms with E-state index in [1.165, 1.54) is 6.26 Å². The third-order valence-electron chi connectivity index (χ3n) is 2.25. The summed E-state index contributed by atoms with van der Waals surface area (Å²) in [5.74, 6) is 1.17. The van der Waals surface area contributed by atoms with Crippen molar-refractivity contribution in [3.63, 3.8) is 0 Å². The van der Waals surface area contributed by atoms with E-state index in [1.807, 2.05) is 24.3 Å². The number of methoxy groups -OCH3 is 1. The van der Waals surface area contributed by atoms with Crippen LogP contribution in [0, 0.1) is 0 Å². The van der Waals surface area contributed by atoms with E-state index in [2.05, 4.69) is 0 Å². The van der Waals surface area contributed by atoms with Crippen molar-refractivity contribution in [3.05, 3.63) is 54.0 Å². The van der Waals surface area contributed by atoms with E-state index in [0.717, 1.165) is 0 Å². The summed E-state index contributed by atoms with van der Waals surface area (Å²) in [5.41, 5.74) is 0.704. The fourth-order valence-electron chi connectivity index (χ4n) is 1.49. The van der Waals surface area contributed by atoms with Gasteiger partial charge in [-0.2, -0.15) is 0 Å². The number of hydrogen-bond donors (Lipinski definition) is 1. The number of aliphatic hydroxyl groups excluding tert-OH is 1. The molecule has 0 amide bonds. The third-order valence-corrected chi connectivity index (χ3v) is 2.25. The zero-order chi connectivity index (χ0) is 10.7. The van der Waals surface area contributed by atoms with Crippen molar-refractivity contribution in [3.8, 4) is 5.75 Å². The summed E-state index contributed by atoms with van der Waals surface area (Å²) in [6, 6.07) is 10.8. The first-order valence-corrected chi connectivity index (χ1v) is 4.67. The lowest BCUT2D eigenvalue weighted by molar-refractivity contribution is 0.185. The number of hydrogen-bond acceptors (Lipinski definition) is 3. The predicted molar refractivity (Wildman–Crippen MR) is 55.8 cm³/mol. The molecule has 0 saturated carbocycles. The van der Waals surface area contributed by atoms with Crippen LogP contribution >= 0.6 is 0 Å². The normalized spacial score (nSPS) is 12.4. The summed E-state index contributed by atoms with van der Waals surface area (Å²) >= 11 is 0. The van der Waals surface area contributed by atoms with Gasteiger partial charge in [0.15, 0.2) is 0 Å². The summed E-state index contributed by atoms with van der Waals surface area (Å²) in [6.07, 6.45) is 0.754. The molecule has 0 aliphatic heterocycles. The van der Waals surface area contributed by atoms with Gasteiger partial charge >= 0.3 is 0 Å². The van der Waals surface area contributed by atoms with E-state index < -0.39 is 6.10 Å². The van der Waals surface area contributed by atoms with E-state index in [4.69, 9.17) is 9.15 Å². The predicted octanol–water partition coefficient (Wildman–Crippen LogP) is 2.37. The summed E-state index contributed by atoms with van der Waals surface area (Å²) in [6.45, 7) is 0. The fourth-order valence-corrected chi connectivity index (χ4v) is 1.49. The number of benzene rings is 1. The Morgan fingerprint density at radius 1 is 1.20 bits per heavy atom. The molecule has 0 radical (unpaired) electrons. The maximum Gasteiger partial charge on any atom is 0.140 e. The molecule has 1 heterocycles. The first-order valence-electron chi connectivity index (χ1n) is 4.67. The van der Waals surface area contributed by atoms with Gasteiger partial charge in [0.05, 0.1) is 13.4 Å². The Bertz CT molecular complexity index is 420. The Morgan fingerprint density at radius 3 is 2.67 bits per heavy atom. The number of furan rings is 1. The van der Waals surface area contributed by atoms with Crippen LogP contribution in [0.1, 0.15) is 17.4 Å². The highest BCUT2D eigenvalue weighted by Crippen LogP contribution is 2.29. The second kappa shape index (κ2) is 4.19. The van der Waals surface area contributed by atoms with Crippen molar-refractivity contribution in [1.29, 1.82) is 0 Å². The fraction of sp³-hybridized carbons (Fsp3) is 0.167. The highest BCUT2D eigenvalue weighted by Gasteiger charge is 2.16. The van der Waals surface area contributed by atoms with E-state index in [0.29, 0.717) is 17.1 Å². The topological polar surface area (TPSA) is 42.6 Å². The van der Waals surface area contributed by atoms with Crippen molar-refractivity contribution in [2.75, 3.05) is 7.11 Å². The van der Waals surface area contributed by atoms with Crippen LogP contribution in [-0.2, 0) is 0 Å². The smallest absolute Gasteiger partial charge is 0.140 e. The molecule has 3 heteroatoms. The monoisotopic (exact) mass is 204 g/mol. The van der Waals surface area contributed by atoms with Crippen LogP contribution in [0.2, 0.25) is 0 Å². The lowest BCUT2D eigenvalue weighted by atomic mass is 10.1. The molecule has 3 nitrogen and oxygen atoms in total. The molecule has 1 atom stereocenters. The van der Waals surface area contributed by atoms with Gasteiger partial charge in [-0.25, -0.2) is 0 Å². The zero-order valence-corrected chi connectivity index (χ0v) is 8.38. The van der Waals surface area contributed by atoms with Crippen molar-refractivity contribution >= 4 is 0 Å². The highest BCUT2D eigenvalue weighted by molar-refractivity contribution is 5.38. The summed E-state index contributed by atoms with van der Waals surface area (Å²) < 4.78 is 10.3. The molecule has 0 bridgehead atoms. The standard InChI is InChI=1S/C12H12O3/c1-14-10-6-3-2-5-9(10)12(13)11-7-4-8-15-11/h2-8,12-13H,1H3/t12-/m1/s1. The molecule has 1 aromatic carbocycles. The van der Waals surface area contributed by atoms with Gasteiger partial charge in [0, 0.05) is 5.56 Å². The second-order valence-corrected chi connectivity index (χ2v) is 3.16. The van der Waals surface area contributed by atoms with E-state index in [1.54, 1.807) is 19.2 Å². The van der Waals surface area contributed by atoms with Crippen molar-refractivity contribution in [2.45, 2.75) is 6.10 Å². The zero-order valence-electron chi connectivity index (χ0n) is 8.38. The van der Waals surface area contributed by atoms with Crippen LogP contribution in [0.25, 0.3) is 0 Å². The molecule has 0 unspecified atom stereocenters. The van der Waals surface area contributed by atoms with Gasteiger partial charge in [-0.3, -0.25) is 0 Å². The molecule has 2 rings (SSSR count). The minimum atomic E-state index is -0.781. The lowest BCUT2D eigenvalue weighted by Crippen LogP contribution is -2.00. The quantitative estimate of drug-likeness (QED) is 0.834. The molecular formula is C12H12O3. The first kappa shape index (κ1) is 9.80. The van der Waals surface area contributed by atoms with E-state index in [9.17, 15) is 5.11 Å². The molecule has 78 valence electrons. The first-order chi connectivity index (χ1) is 7.33. The van der Waals surface area contributed by atoms with Crippen molar-refractivity contribution < 1.29 is 14.3 Å². The molecule has 0 saturated heterocycles. The summed E-state index contributed by atoms with van der Waals surface area (Å²) in [7, 11) is 1.58. The Hall–Kier alpha value is -1.74. The highest BCUT2D eigenvalue weighted by atomic mass is 16.5. The van der Waals surface area contributed by atoms with Gasteiger partial charge in [0.1, 0.15) is 17.6 Å². The van der Waals surface area contributed by atoms with Crippen LogP contribution in [-0.4, -0.2) is 12.2 Å². The lowest BCUT2D eigenvalue weighted by Gasteiger charge is -2.12. The third kappa shape index (κ3) is 1.87. The number of rotatable bonds is 3. The van der Waals surface area contributed by atoms with Crippen molar-refractivity contribution in [1.82, 2.24) is 0 Å². The van der Waals surface area contributed by atoms with Gasteiger partial charge in [-0.1, -0.05) is 18.2 Å². The molecule has 15 heavy (non-hydrogen) atoms. The Morgan fingerprint density at radius 2 is 2.00 bits per heavy atom. The average Bonchev–Trinajstić information content (AvgIpc) is 2.81. The van der Waals surface area contributed by atoms with Gasteiger partial charge in [-0.15, -0.1) is 0 Å². The SMILES string of the molecule is COc1ccccc1[C@@H](O)c1ccco1. The van der Waals surface area contributed by atoms with E-state index in [-0.39, 0.29) is 0 Å². The van der Waals surface area contributed by atoms with Crippen LogP contribution in [0.4, 0.5) is 0 Å². The van der Waals surface area contributed by atoms with E-state index >= 15 is 0 Å². The Balaban J connectivity index is 2.37. The molecule has 0 aliphatic rings. The minimum Gasteiger partial charge on any atom is -0.496 e. The van der Waals surface area contributed by atoms with Crippen molar-refractivity contribution in [2.24, 2.45) is 0 Å². The minimum absolute atomic E-state index is 0.513. The Labute approximate surface area is 87.9 Å². The number of aliphatic hydroxyl groups is 1. The second-order valence-electron chi connectivity index (χ2n) is 3.16. The molecule has 0 aliphatic carbocycles. The van der Waals surface area contributed by atoms with Crippen LogP contribution in [0.15, 0.2) is 47.1 Å². The number of ether oxygens (including phenoxy) is 1. The molecule has 1 N–H and O–H groups in total. The molecule has 2 aromatic rings. The van der Waals surface area contributed by atoms with Crippen LogP contribution in [0.3, 0.4) is 0 Å². The molecular weight excluding hydrogens is 192 g/mol. The molecule has 0 spiro atoms. The molecule has 0 fully saturated rings. The summed E-state index contributed by atoms with van der Waals surface area (Å²) in [4.78, 5) is 0. The maximum atomic E-state index is 10.0. The van der Waals surface area contributed by atoms with Gasteiger partial charge in [-0.05, 0) is 18.2 Å². The van der Waals surface area contributed by atoms with Gasteiger partial charge in [0.2, 0.25) is 0 Å². The molecule has 1 aromatic heterocycles. The largest absolute Gasteiger partial charge is 0.496 e. The summed E-state index contributed by atoms with van der Waals surface area (Å²) in [5, 5.41) is 10.0. The number of para-hydroxylation sites is 1. The van der Waals surface area contributed by atoms with Crippen LogP contribution < -0.4 is 4.74 Å². The average molecular weight is 204 g/mol.